The van der Waals surface area contributed by atoms with Gasteiger partial charge in [0, 0.05) is 77.1 Å². The highest BCUT2D eigenvalue weighted by Crippen LogP contribution is 2.34. The van der Waals surface area contributed by atoms with Crippen molar-refractivity contribution in [2.75, 3.05) is 25.2 Å². The smallest absolute Gasteiger partial charge is 0.264 e. The zero-order valence-electron chi connectivity index (χ0n) is 30.5. The number of aliphatic hydroxyl groups excluding tert-OH is 1. The zero-order valence-corrected chi connectivity index (χ0v) is 35.3. The molecule has 0 spiro atoms. The van der Waals surface area contributed by atoms with Crippen LogP contribution in [0.5, 0.6) is 0 Å². The zero-order chi connectivity index (χ0) is 39.4. The van der Waals surface area contributed by atoms with Gasteiger partial charge < -0.3 is 9.84 Å². The van der Waals surface area contributed by atoms with Crippen molar-refractivity contribution in [3.05, 3.63) is 117 Å². The Morgan fingerprint density at radius 3 is 2.07 bits per heavy atom. The van der Waals surface area contributed by atoms with E-state index in [9.17, 15) is 16.8 Å². The Kier molecular flexibility index (Phi) is 16.0. The maximum Gasteiger partial charge on any atom is 0.264 e. The minimum Gasteiger partial charge on any atom is -0.392 e. The fourth-order valence-electron chi connectivity index (χ4n) is 5.31. The molecule has 1 saturated heterocycles. The summed E-state index contributed by atoms with van der Waals surface area (Å²) in [5, 5.41) is 16.8. The Morgan fingerprint density at radius 1 is 0.852 bits per heavy atom. The molecule has 13 nitrogen and oxygen atoms in total. The van der Waals surface area contributed by atoms with Gasteiger partial charge in [0.05, 0.1) is 29.9 Å². The molecule has 1 fully saturated rings. The first-order valence-electron chi connectivity index (χ1n) is 17.1. The van der Waals surface area contributed by atoms with Gasteiger partial charge in [-0.3, -0.25) is 23.7 Å². The maximum atomic E-state index is 12.5. The molecule has 1 aromatic carbocycles. The second-order valence-electron chi connectivity index (χ2n) is 12.8. The predicted molar refractivity (Wildman–Crippen MR) is 214 cm³/mol. The highest BCUT2D eigenvalue weighted by Gasteiger charge is 2.35. The van der Waals surface area contributed by atoms with E-state index in [1.54, 1.807) is 70.3 Å². The Balaban J connectivity index is 0.000000197. The maximum absolute atomic E-state index is 12.5. The standard InChI is InChI=1S/C20H22N4O2S.C7H8BrNO3S.C6H6BrNO.C4H8O/c1-4-27(25,26)20(2,3)17-10-16(11-21-12-17)14-5-7-18-15(9-14)6-8-19-23-22-13-24(18)19;1-13(10,11)12-5-6-2-7(8)4-9-3-6;7-6-1-5(4-9)2-8-3-6;1-2-4-5-3-1/h5,7,9-13H,4,6,8H2,1-3H3;2-4H,5H2,1H3;1-3,9H,4H2;1-4H2. The molecule has 0 atom stereocenters. The van der Waals surface area contributed by atoms with Gasteiger partial charge in [0.15, 0.2) is 9.84 Å². The van der Waals surface area contributed by atoms with Gasteiger partial charge in [-0.15, -0.1) is 10.2 Å². The normalized spacial score (nSPS) is 13.5. The summed E-state index contributed by atoms with van der Waals surface area (Å²) in [5.74, 6) is 1.08. The highest BCUT2D eigenvalue weighted by atomic mass is 79.9. The lowest BCUT2D eigenvalue weighted by molar-refractivity contribution is 0.198. The lowest BCUT2D eigenvalue weighted by Gasteiger charge is -2.25. The monoisotopic (exact) mass is 906 g/mol. The van der Waals surface area contributed by atoms with E-state index in [-0.39, 0.29) is 19.0 Å². The largest absolute Gasteiger partial charge is 0.392 e. The van der Waals surface area contributed by atoms with Crippen LogP contribution in [0.2, 0.25) is 0 Å². The molecule has 1 N–H and O–H groups in total. The summed E-state index contributed by atoms with van der Waals surface area (Å²) in [6, 6.07) is 11.8. The molecule has 7 rings (SSSR count). The van der Waals surface area contributed by atoms with E-state index in [1.165, 1.54) is 18.4 Å². The number of halogens is 2. The lowest BCUT2D eigenvalue weighted by Crippen LogP contribution is -2.30. The van der Waals surface area contributed by atoms with Crippen LogP contribution in [0.4, 0.5) is 0 Å². The average molecular weight is 909 g/mol. The molecule has 5 aromatic rings. The second kappa shape index (κ2) is 19.9. The number of fused-ring (bicyclic) bond motifs is 3. The molecule has 0 saturated carbocycles. The number of rotatable bonds is 8. The molecular formula is C37H44Br2N6O7S2. The first-order valence-corrected chi connectivity index (χ1v) is 22.1. The van der Waals surface area contributed by atoms with Gasteiger partial charge in [0.1, 0.15) is 12.2 Å². The van der Waals surface area contributed by atoms with Crippen molar-refractivity contribution >= 4 is 51.8 Å². The molecule has 0 aliphatic carbocycles. The van der Waals surface area contributed by atoms with Crippen molar-refractivity contribution in [1.82, 2.24) is 29.7 Å². The third kappa shape index (κ3) is 12.5. The topological polar surface area (TPSA) is 176 Å². The molecule has 0 radical (unpaired) electrons. The third-order valence-corrected chi connectivity index (χ3v) is 12.4. The lowest BCUT2D eigenvalue weighted by atomic mass is 9.95. The van der Waals surface area contributed by atoms with E-state index in [0.717, 1.165) is 69.5 Å². The summed E-state index contributed by atoms with van der Waals surface area (Å²) in [4.78, 5) is 12.0. The number of ether oxygens (including phenoxy) is 1. The van der Waals surface area contributed by atoms with Crippen LogP contribution in [0.1, 0.15) is 61.7 Å². The molecule has 54 heavy (non-hydrogen) atoms. The van der Waals surface area contributed by atoms with E-state index in [0.29, 0.717) is 11.1 Å². The molecule has 0 bridgehead atoms. The van der Waals surface area contributed by atoms with Crippen molar-refractivity contribution in [1.29, 1.82) is 0 Å². The molecule has 4 aromatic heterocycles. The van der Waals surface area contributed by atoms with Crippen LogP contribution in [-0.4, -0.2) is 76.9 Å². The number of hydrogen-bond acceptors (Lipinski definition) is 12. The molecular weight excluding hydrogens is 864 g/mol. The molecule has 290 valence electrons. The number of aliphatic hydroxyl groups is 1. The molecule has 6 heterocycles. The number of sulfone groups is 1. The van der Waals surface area contributed by atoms with Crippen LogP contribution in [-0.2, 0) is 59.7 Å². The summed E-state index contributed by atoms with van der Waals surface area (Å²) in [7, 11) is -6.63. The van der Waals surface area contributed by atoms with Crippen molar-refractivity contribution in [3.8, 4) is 16.8 Å². The van der Waals surface area contributed by atoms with Crippen molar-refractivity contribution in [2.45, 2.75) is 64.4 Å². The van der Waals surface area contributed by atoms with Gasteiger partial charge in [-0.2, -0.15) is 8.42 Å². The number of pyridine rings is 3. The van der Waals surface area contributed by atoms with E-state index in [2.05, 4.69) is 73.3 Å². The molecule has 17 heteroatoms. The molecule has 2 aliphatic rings. The fraction of sp³-hybridized carbons (Fsp3) is 0.378. The summed E-state index contributed by atoms with van der Waals surface area (Å²) in [6.45, 7) is 7.23. The highest BCUT2D eigenvalue weighted by molar-refractivity contribution is 9.10. The SMILES string of the molecule is C1CCOC1.CCS(=O)(=O)C(C)(C)c1cncc(-c2ccc3c(c2)CCc2nncn2-3)c1.CS(=O)(=O)OCc1cncc(Br)c1.OCc1cncc(Br)c1. The predicted octanol–water partition coefficient (Wildman–Crippen LogP) is 6.55. The summed E-state index contributed by atoms with van der Waals surface area (Å²) in [5.41, 5.74) is 6.52. The summed E-state index contributed by atoms with van der Waals surface area (Å²) < 4.78 is 58.6. The summed E-state index contributed by atoms with van der Waals surface area (Å²) >= 11 is 6.44. The van der Waals surface area contributed by atoms with Crippen LogP contribution in [0.3, 0.4) is 0 Å². The van der Waals surface area contributed by atoms with Gasteiger partial charge in [-0.05, 0) is 123 Å². The van der Waals surface area contributed by atoms with Crippen molar-refractivity contribution < 1.29 is 30.9 Å². The Labute approximate surface area is 333 Å². The summed E-state index contributed by atoms with van der Waals surface area (Å²) in [6.07, 6.45) is 17.0. The number of nitrogens with zero attached hydrogens (tertiary/aromatic N) is 6. The van der Waals surface area contributed by atoms with Crippen molar-refractivity contribution in [2.24, 2.45) is 0 Å². The van der Waals surface area contributed by atoms with Crippen LogP contribution >= 0.6 is 31.9 Å². The van der Waals surface area contributed by atoms with Crippen LogP contribution in [0.25, 0.3) is 16.8 Å². The first kappa shape index (κ1) is 43.3. The van der Waals surface area contributed by atoms with Crippen molar-refractivity contribution in [3.63, 3.8) is 0 Å². The fourth-order valence-corrected chi connectivity index (χ4v) is 7.67. The van der Waals surface area contributed by atoms with Gasteiger partial charge in [0.2, 0.25) is 0 Å². The molecule has 0 unspecified atom stereocenters. The first-order chi connectivity index (χ1) is 25.6. The van der Waals surface area contributed by atoms with Crippen LogP contribution < -0.4 is 0 Å². The van der Waals surface area contributed by atoms with E-state index in [4.69, 9.17) is 9.84 Å². The van der Waals surface area contributed by atoms with Gasteiger partial charge in [-0.1, -0.05) is 13.0 Å². The Hall–Kier alpha value is -3.45. The number of aromatic nitrogens is 6. The van der Waals surface area contributed by atoms with Crippen LogP contribution in [0.15, 0.2) is 88.9 Å². The number of aryl methyl sites for hydroxylation is 2. The minimum absolute atomic E-state index is 0.0191. The Morgan fingerprint density at radius 2 is 1.50 bits per heavy atom. The minimum atomic E-state index is -3.38. The molecule has 0 amide bonds. The van der Waals surface area contributed by atoms with E-state index in [1.807, 2.05) is 22.8 Å². The average Bonchev–Trinajstić information content (AvgIpc) is 3.91. The Bertz CT molecular complexity index is 2210. The second-order valence-corrected chi connectivity index (χ2v) is 19.1. The van der Waals surface area contributed by atoms with Crippen LogP contribution in [0, 0.1) is 0 Å². The quantitative estimate of drug-likeness (QED) is 0.167. The van der Waals surface area contributed by atoms with Gasteiger partial charge >= 0.3 is 0 Å². The third-order valence-electron chi connectivity index (χ3n) is 8.47. The number of hydrogen-bond donors (Lipinski definition) is 1. The van der Waals surface area contributed by atoms with E-state index >= 15 is 0 Å². The molecule has 2 aliphatic heterocycles. The van der Waals surface area contributed by atoms with Gasteiger partial charge in [0.25, 0.3) is 10.1 Å². The number of benzene rings is 1. The van der Waals surface area contributed by atoms with E-state index < -0.39 is 24.7 Å². The van der Waals surface area contributed by atoms with Gasteiger partial charge in [-0.25, -0.2) is 8.42 Å².